The summed E-state index contributed by atoms with van der Waals surface area (Å²) in [5.41, 5.74) is 1.59. The van der Waals surface area contributed by atoms with Gasteiger partial charge in [0.1, 0.15) is 0 Å². The maximum absolute atomic E-state index is 12.6. The number of benzene rings is 2. The summed E-state index contributed by atoms with van der Waals surface area (Å²) in [5.74, 6) is 1.38. The van der Waals surface area contributed by atoms with Crippen molar-refractivity contribution in [1.82, 2.24) is 20.1 Å². The van der Waals surface area contributed by atoms with Crippen LogP contribution >= 0.6 is 35.0 Å². The summed E-state index contributed by atoms with van der Waals surface area (Å²) in [5, 5.41) is 13.8. The van der Waals surface area contributed by atoms with Crippen LogP contribution in [0, 0.1) is 5.92 Å². The first kappa shape index (κ1) is 21.7. The Morgan fingerprint density at radius 3 is 2.52 bits per heavy atom. The highest BCUT2D eigenvalue weighted by atomic mass is 35.5. The molecule has 0 aliphatic rings. The maximum atomic E-state index is 12.6. The summed E-state index contributed by atoms with van der Waals surface area (Å²) in [7, 11) is 1.91. The number of nitrogens with zero attached hydrogens (tertiary/aromatic N) is 3. The molecule has 0 aliphatic heterocycles. The van der Waals surface area contributed by atoms with Crippen molar-refractivity contribution in [3.63, 3.8) is 0 Å². The van der Waals surface area contributed by atoms with Crippen molar-refractivity contribution in [3.8, 4) is 0 Å². The molecule has 152 valence electrons. The highest BCUT2D eigenvalue weighted by Crippen LogP contribution is 2.29. The summed E-state index contributed by atoms with van der Waals surface area (Å²) in [6.07, 6.45) is 0. The number of carbonyl (C=O) groups excluding carboxylic acids is 1. The molecule has 1 amide bonds. The summed E-state index contributed by atoms with van der Waals surface area (Å²) >= 11 is 13.8. The highest BCUT2D eigenvalue weighted by molar-refractivity contribution is 7.98. The summed E-state index contributed by atoms with van der Waals surface area (Å²) in [4.78, 5) is 12.6. The highest BCUT2D eigenvalue weighted by Gasteiger charge is 2.25. The van der Waals surface area contributed by atoms with Gasteiger partial charge in [0.05, 0.1) is 6.04 Å². The van der Waals surface area contributed by atoms with Crippen molar-refractivity contribution in [2.75, 3.05) is 0 Å². The number of rotatable bonds is 7. The largest absolute Gasteiger partial charge is 0.342 e. The standard InChI is InChI=1S/C21H22Cl2N4OS/c1-13(2)18(24-20(28)14-7-5-4-6-8-14)19-25-26-21(27(19)3)29-12-15-9-10-16(22)11-17(15)23/h4-11,13,18H,12H2,1-3H3,(H,24,28)/t18-/m1/s1. The van der Waals surface area contributed by atoms with Gasteiger partial charge in [0.15, 0.2) is 11.0 Å². The first-order valence-corrected chi connectivity index (χ1v) is 10.9. The Morgan fingerprint density at radius 2 is 1.86 bits per heavy atom. The topological polar surface area (TPSA) is 59.8 Å². The molecule has 2 aromatic carbocycles. The molecule has 0 unspecified atom stereocenters. The normalized spacial score (nSPS) is 12.2. The van der Waals surface area contributed by atoms with E-state index in [0.29, 0.717) is 27.2 Å². The van der Waals surface area contributed by atoms with Gasteiger partial charge in [0.25, 0.3) is 5.91 Å². The van der Waals surface area contributed by atoms with Gasteiger partial charge in [-0.25, -0.2) is 0 Å². The van der Waals surface area contributed by atoms with Gasteiger partial charge >= 0.3 is 0 Å². The lowest BCUT2D eigenvalue weighted by atomic mass is 10.0. The van der Waals surface area contributed by atoms with Crippen molar-refractivity contribution in [3.05, 3.63) is 75.5 Å². The number of amides is 1. The average Bonchev–Trinajstić information content (AvgIpc) is 3.06. The monoisotopic (exact) mass is 448 g/mol. The molecule has 1 heterocycles. The molecule has 0 spiro atoms. The molecule has 1 atom stereocenters. The van der Waals surface area contributed by atoms with Gasteiger partial charge in [0, 0.05) is 28.4 Å². The van der Waals surface area contributed by atoms with E-state index in [0.717, 1.165) is 10.7 Å². The molecule has 1 aromatic heterocycles. The van der Waals surface area contributed by atoms with Gasteiger partial charge in [-0.3, -0.25) is 4.79 Å². The van der Waals surface area contributed by atoms with Crippen LogP contribution in [0.2, 0.25) is 10.0 Å². The van der Waals surface area contributed by atoms with Crippen LogP contribution < -0.4 is 5.32 Å². The molecule has 3 aromatic rings. The number of hydrogen-bond acceptors (Lipinski definition) is 4. The van der Waals surface area contributed by atoms with E-state index in [-0.39, 0.29) is 17.9 Å². The molecular weight excluding hydrogens is 427 g/mol. The van der Waals surface area contributed by atoms with Gasteiger partial charge in [-0.1, -0.05) is 73.1 Å². The van der Waals surface area contributed by atoms with E-state index in [1.807, 2.05) is 55.8 Å². The molecule has 0 radical (unpaired) electrons. The Bertz CT molecular complexity index is 992. The van der Waals surface area contributed by atoms with Crippen molar-refractivity contribution in [2.45, 2.75) is 30.8 Å². The number of aromatic nitrogens is 3. The van der Waals surface area contributed by atoms with Crippen molar-refractivity contribution in [1.29, 1.82) is 0 Å². The second-order valence-electron chi connectivity index (χ2n) is 6.99. The second-order valence-corrected chi connectivity index (χ2v) is 8.77. The third kappa shape index (κ3) is 5.32. The number of hydrogen-bond donors (Lipinski definition) is 1. The van der Waals surface area contributed by atoms with Gasteiger partial charge in [0.2, 0.25) is 0 Å². The zero-order valence-electron chi connectivity index (χ0n) is 16.4. The van der Waals surface area contributed by atoms with Crippen LogP contribution in [0.5, 0.6) is 0 Å². The molecule has 1 N–H and O–H groups in total. The van der Waals surface area contributed by atoms with E-state index < -0.39 is 0 Å². The first-order chi connectivity index (χ1) is 13.9. The van der Waals surface area contributed by atoms with Gasteiger partial charge < -0.3 is 9.88 Å². The molecule has 0 aliphatic carbocycles. The Hall–Kier alpha value is -2.02. The minimum Gasteiger partial charge on any atom is -0.342 e. The fourth-order valence-corrected chi connectivity index (χ4v) is 4.32. The molecule has 0 saturated heterocycles. The molecule has 0 bridgehead atoms. The summed E-state index contributed by atoms with van der Waals surface area (Å²) in [6, 6.07) is 14.4. The first-order valence-electron chi connectivity index (χ1n) is 9.18. The van der Waals surface area contributed by atoms with E-state index in [9.17, 15) is 4.79 Å². The van der Waals surface area contributed by atoms with Crippen LogP contribution in [0.3, 0.4) is 0 Å². The summed E-state index contributed by atoms with van der Waals surface area (Å²) < 4.78 is 1.92. The fraction of sp³-hybridized carbons (Fsp3) is 0.286. The molecule has 29 heavy (non-hydrogen) atoms. The summed E-state index contributed by atoms with van der Waals surface area (Å²) in [6.45, 7) is 4.09. The Morgan fingerprint density at radius 1 is 1.14 bits per heavy atom. The molecular formula is C21H22Cl2N4OS. The molecule has 0 fully saturated rings. The van der Waals surface area contributed by atoms with E-state index in [4.69, 9.17) is 23.2 Å². The molecule has 3 rings (SSSR count). The minimum atomic E-state index is -0.256. The third-order valence-corrected chi connectivity index (χ3v) is 6.16. The Kier molecular flexibility index (Phi) is 7.22. The molecule has 8 heteroatoms. The van der Waals surface area contributed by atoms with Crippen molar-refractivity contribution >= 4 is 40.9 Å². The minimum absolute atomic E-state index is 0.130. The lowest BCUT2D eigenvalue weighted by Gasteiger charge is -2.21. The van der Waals surface area contributed by atoms with Crippen LogP contribution in [0.1, 0.15) is 41.6 Å². The van der Waals surface area contributed by atoms with Crippen LogP contribution in [-0.2, 0) is 12.8 Å². The lowest BCUT2D eigenvalue weighted by Crippen LogP contribution is -2.33. The number of thioether (sulfide) groups is 1. The van der Waals surface area contributed by atoms with E-state index in [2.05, 4.69) is 15.5 Å². The van der Waals surface area contributed by atoms with E-state index in [1.54, 1.807) is 18.2 Å². The number of nitrogens with one attached hydrogen (secondary N) is 1. The van der Waals surface area contributed by atoms with E-state index in [1.165, 1.54) is 11.8 Å². The third-order valence-electron chi connectivity index (χ3n) is 4.51. The predicted octanol–water partition coefficient (Wildman–Crippen LogP) is 5.54. The smallest absolute Gasteiger partial charge is 0.251 e. The van der Waals surface area contributed by atoms with Gasteiger partial charge in [-0.05, 0) is 35.7 Å². The molecule has 5 nitrogen and oxygen atoms in total. The maximum Gasteiger partial charge on any atom is 0.251 e. The Labute approximate surface area is 184 Å². The van der Waals surface area contributed by atoms with Gasteiger partial charge in [-0.15, -0.1) is 10.2 Å². The average molecular weight is 449 g/mol. The van der Waals surface area contributed by atoms with Gasteiger partial charge in [-0.2, -0.15) is 0 Å². The lowest BCUT2D eigenvalue weighted by molar-refractivity contribution is 0.0922. The van der Waals surface area contributed by atoms with E-state index >= 15 is 0 Å². The van der Waals surface area contributed by atoms with Crippen LogP contribution in [0.15, 0.2) is 53.7 Å². The van der Waals surface area contributed by atoms with Crippen LogP contribution in [0.4, 0.5) is 0 Å². The van der Waals surface area contributed by atoms with Crippen LogP contribution in [0.25, 0.3) is 0 Å². The second kappa shape index (κ2) is 9.65. The zero-order chi connectivity index (χ0) is 21.0. The Balaban J connectivity index is 1.75. The predicted molar refractivity (Wildman–Crippen MR) is 119 cm³/mol. The molecule has 0 saturated carbocycles. The number of carbonyl (C=O) groups is 1. The zero-order valence-corrected chi connectivity index (χ0v) is 18.7. The van der Waals surface area contributed by atoms with Crippen molar-refractivity contribution in [2.24, 2.45) is 13.0 Å². The fourth-order valence-electron chi connectivity index (χ4n) is 2.85. The van der Waals surface area contributed by atoms with Crippen molar-refractivity contribution < 1.29 is 4.79 Å². The quantitative estimate of drug-likeness (QED) is 0.481. The number of halogens is 2. The SMILES string of the molecule is CC(C)[C@@H](NC(=O)c1ccccc1)c1nnc(SCc2ccc(Cl)cc2Cl)n1C. The van der Waals surface area contributed by atoms with Crippen LogP contribution in [-0.4, -0.2) is 20.7 Å².